The maximum atomic E-state index is 4.14. The first-order chi connectivity index (χ1) is 8.33. The van der Waals surface area contributed by atoms with Crippen molar-refractivity contribution in [1.29, 1.82) is 0 Å². The Bertz CT molecular complexity index is 640. The predicted molar refractivity (Wildman–Crippen MR) is 65.6 cm³/mol. The van der Waals surface area contributed by atoms with Crippen LogP contribution in [0.2, 0.25) is 0 Å². The summed E-state index contributed by atoms with van der Waals surface area (Å²) in [5, 5.41) is 8.22. The van der Waals surface area contributed by atoms with Crippen LogP contribution in [-0.2, 0) is 6.54 Å². The molecule has 0 saturated carbocycles. The molecular formula is C13H12N4. The molecule has 0 bridgehead atoms. The van der Waals surface area contributed by atoms with Gasteiger partial charge in [-0.05, 0) is 18.6 Å². The molecule has 0 unspecified atom stereocenters. The van der Waals surface area contributed by atoms with E-state index in [0.717, 1.165) is 17.6 Å². The first kappa shape index (κ1) is 9.96. The molecule has 17 heavy (non-hydrogen) atoms. The Kier molecular flexibility index (Phi) is 2.33. The van der Waals surface area contributed by atoms with Gasteiger partial charge in [0.25, 0.3) is 0 Å². The summed E-state index contributed by atoms with van der Waals surface area (Å²) in [6, 6.07) is 10.4. The normalized spacial score (nSPS) is 10.9. The highest BCUT2D eigenvalue weighted by Gasteiger charge is 2.03. The molecule has 0 amide bonds. The topological polar surface area (TPSA) is 43.6 Å². The Labute approximate surface area is 98.9 Å². The van der Waals surface area contributed by atoms with Gasteiger partial charge in [-0.15, -0.1) is 5.10 Å². The minimum absolute atomic E-state index is 0.737. The molecule has 4 nitrogen and oxygen atoms in total. The molecule has 0 aliphatic heterocycles. The average molecular weight is 224 g/mol. The summed E-state index contributed by atoms with van der Waals surface area (Å²) >= 11 is 0. The van der Waals surface area contributed by atoms with Gasteiger partial charge in [-0.1, -0.05) is 35.0 Å². The van der Waals surface area contributed by atoms with Gasteiger partial charge in [0.2, 0.25) is 0 Å². The van der Waals surface area contributed by atoms with Crippen molar-refractivity contribution < 1.29 is 0 Å². The van der Waals surface area contributed by atoms with Crippen LogP contribution in [0.3, 0.4) is 0 Å². The van der Waals surface area contributed by atoms with E-state index in [4.69, 9.17) is 0 Å². The van der Waals surface area contributed by atoms with Gasteiger partial charge in [-0.3, -0.25) is 4.98 Å². The van der Waals surface area contributed by atoms with Crippen molar-refractivity contribution in [2.75, 3.05) is 0 Å². The number of aromatic nitrogens is 4. The number of fused-ring (bicyclic) bond motifs is 1. The number of hydrogen-bond donors (Lipinski definition) is 0. The molecule has 0 atom stereocenters. The monoisotopic (exact) mass is 224 g/mol. The molecule has 3 rings (SSSR count). The fraction of sp³-hybridized carbons (Fsp3) is 0.154. The van der Waals surface area contributed by atoms with E-state index >= 15 is 0 Å². The van der Waals surface area contributed by atoms with Crippen LogP contribution in [0.25, 0.3) is 11.0 Å². The zero-order valence-corrected chi connectivity index (χ0v) is 9.54. The van der Waals surface area contributed by atoms with E-state index in [2.05, 4.69) is 46.5 Å². The first-order valence-corrected chi connectivity index (χ1v) is 5.52. The van der Waals surface area contributed by atoms with E-state index in [-0.39, 0.29) is 0 Å². The number of aryl methyl sites for hydroxylation is 1. The zero-order chi connectivity index (χ0) is 11.7. The minimum atomic E-state index is 0.737. The molecule has 4 heteroatoms. The quantitative estimate of drug-likeness (QED) is 0.670. The van der Waals surface area contributed by atoms with Crippen molar-refractivity contribution in [2.45, 2.75) is 13.5 Å². The van der Waals surface area contributed by atoms with Gasteiger partial charge in [-0.2, -0.15) is 0 Å². The molecule has 0 fully saturated rings. The molecule has 0 radical (unpaired) electrons. The fourth-order valence-electron chi connectivity index (χ4n) is 1.81. The van der Waals surface area contributed by atoms with Crippen molar-refractivity contribution in [3.8, 4) is 0 Å². The Hall–Kier alpha value is -2.23. The molecule has 2 aromatic heterocycles. The summed E-state index contributed by atoms with van der Waals surface area (Å²) in [4.78, 5) is 4.03. The Balaban J connectivity index is 1.97. The van der Waals surface area contributed by atoms with Crippen LogP contribution in [0.1, 0.15) is 11.1 Å². The van der Waals surface area contributed by atoms with E-state index in [1.54, 1.807) is 12.4 Å². The van der Waals surface area contributed by atoms with Crippen LogP contribution >= 0.6 is 0 Å². The van der Waals surface area contributed by atoms with Gasteiger partial charge in [0.1, 0.15) is 5.52 Å². The first-order valence-electron chi connectivity index (χ1n) is 5.52. The Morgan fingerprint density at radius 3 is 2.76 bits per heavy atom. The van der Waals surface area contributed by atoms with Crippen LogP contribution in [0.15, 0.2) is 42.7 Å². The minimum Gasteiger partial charge on any atom is -0.262 e. The fourth-order valence-corrected chi connectivity index (χ4v) is 1.81. The lowest BCUT2D eigenvalue weighted by atomic mass is 10.1. The Morgan fingerprint density at radius 2 is 1.94 bits per heavy atom. The maximum Gasteiger partial charge on any atom is 0.131 e. The van der Waals surface area contributed by atoms with E-state index in [0.29, 0.717) is 0 Å². The van der Waals surface area contributed by atoms with Crippen LogP contribution < -0.4 is 0 Å². The third-order valence-corrected chi connectivity index (χ3v) is 2.77. The number of nitrogens with zero attached hydrogens (tertiary/aromatic N) is 4. The highest BCUT2D eigenvalue weighted by molar-refractivity contribution is 5.72. The SMILES string of the molecule is Cc1ccc(Cn2nnc3cnccc32)cc1. The van der Waals surface area contributed by atoms with Crippen LogP contribution in [-0.4, -0.2) is 20.0 Å². The third kappa shape index (κ3) is 1.89. The smallest absolute Gasteiger partial charge is 0.131 e. The lowest BCUT2D eigenvalue weighted by Gasteiger charge is -2.02. The van der Waals surface area contributed by atoms with Crippen LogP contribution in [0.4, 0.5) is 0 Å². The van der Waals surface area contributed by atoms with Gasteiger partial charge >= 0.3 is 0 Å². The second-order valence-corrected chi connectivity index (χ2v) is 4.10. The molecule has 1 aromatic carbocycles. The highest BCUT2D eigenvalue weighted by Crippen LogP contribution is 2.11. The lowest BCUT2D eigenvalue weighted by Crippen LogP contribution is -2.01. The second kappa shape index (κ2) is 3.97. The van der Waals surface area contributed by atoms with Gasteiger partial charge in [0.05, 0.1) is 18.3 Å². The molecule has 0 saturated heterocycles. The van der Waals surface area contributed by atoms with Gasteiger partial charge < -0.3 is 0 Å². The summed E-state index contributed by atoms with van der Waals surface area (Å²) < 4.78 is 1.89. The van der Waals surface area contributed by atoms with Crippen LogP contribution in [0.5, 0.6) is 0 Å². The second-order valence-electron chi connectivity index (χ2n) is 4.10. The van der Waals surface area contributed by atoms with Crippen molar-refractivity contribution in [2.24, 2.45) is 0 Å². The molecular weight excluding hydrogens is 212 g/mol. The summed E-state index contributed by atoms with van der Waals surface area (Å²) in [5.41, 5.74) is 4.33. The van der Waals surface area contributed by atoms with Crippen LogP contribution in [0, 0.1) is 6.92 Å². The van der Waals surface area contributed by atoms with Gasteiger partial charge in [0.15, 0.2) is 0 Å². The summed E-state index contributed by atoms with van der Waals surface area (Å²) in [6.45, 7) is 2.82. The number of benzene rings is 1. The molecule has 84 valence electrons. The predicted octanol–water partition coefficient (Wildman–Crippen LogP) is 2.18. The van der Waals surface area contributed by atoms with E-state index in [1.807, 2.05) is 10.7 Å². The molecule has 0 aliphatic rings. The van der Waals surface area contributed by atoms with E-state index in [1.165, 1.54) is 11.1 Å². The Morgan fingerprint density at radius 1 is 1.12 bits per heavy atom. The molecule has 0 aliphatic carbocycles. The van der Waals surface area contributed by atoms with Crippen molar-refractivity contribution in [3.63, 3.8) is 0 Å². The van der Waals surface area contributed by atoms with E-state index in [9.17, 15) is 0 Å². The van der Waals surface area contributed by atoms with Gasteiger partial charge in [-0.25, -0.2) is 4.68 Å². The highest BCUT2D eigenvalue weighted by atomic mass is 15.4. The standard InChI is InChI=1S/C13H12N4/c1-10-2-4-11(5-3-10)9-17-13-6-7-14-8-12(13)15-16-17/h2-8H,9H2,1H3. The summed E-state index contributed by atoms with van der Waals surface area (Å²) in [7, 11) is 0. The molecule has 0 spiro atoms. The van der Waals surface area contributed by atoms with Crippen molar-refractivity contribution >= 4 is 11.0 Å². The number of rotatable bonds is 2. The molecule has 0 N–H and O–H groups in total. The maximum absolute atomic E-state index is 4.14. The van der Waals surface area contributed by atoms with Gasteiger partial charge in [0, 0.05) is 6.20 Å². The summed E-state index contributed by atoms with van der Waals surface area (Å²) in [6.07, 6.45) is 3.49. The lowest BCUT2D eigenvalue weighted by molar-refractivity contribution is 0.669. The van der Waals surface area contributed by atoms with Crippen molar-refractivity contribution in [3.05, 3.63) is 53.9 Å². The zero-order valence-electron chi connectivity index (χ0n) is 9.54. The van der Waals surface area contributed by atoms with E-state index < -0.39 is 0 Å². The molecule has 2 heterocycles. The largest absolute Gasteiger partial charge is 0.262 e. The average Bonchev–Trinajstić information content (AvgIpc) is 2.76. The summed E-state index contributed by atoms with van der Waals surface area (Å²) in [5.74, 6) is 0. The third-order valence-electron chi connectivity index (χ3n) is 2.77. The number of hydrogen-bond acceptors (Lipinski definition) is 3. The number of pyridine rings is 1. The molecule has 3 aromatic rings. The van der Waals surface area contributed by atoms with Crippen molar-refractivity contribution in [1.82, 2.24) is 20.0 Å².